The fourth-order valence-electron chi connectivity index (χ4n) is 1.97. The molecule has 0 saturated heterocycles. The number of halogens is 2. The molecule has 2 nitrogen and oxygen atoms in total. The van der Waals surface area contributed by atoms with Crippen molar-refractivity contribution in [1.82, 2.24) is 5.32 Å². The number of rotatable bonds is 5. The van der Waals surface area contributed by atoms with Gasteiger partial charge in [-0.2, -0.15) is 0 Å². The third kappa shape index (κ3) is 3.98. The number of hydrogen-bond donors (Lipinski definition) is 1. The molecule has 0 unspecified atom stereocenters. The van der Waals surface area contributed by atoms with Crippen molar-refractivity contribution >= 4 is 27.5 Å². The molecule has 0 aliphatic carbocycles. The lowest BCUT2D eigenvalue weighted by Gasteiger charge is -2.16. The molecule has 2 aromatic rings. The van der Waals surface area contributed by atoms with Crippen LogP contribution in [0.25, 0.3) is 0 Å². The van der Waals surface area contributed by atoms with Crippen LogP contribution < -0.4 is 10.1 Å². The van der Waals surface area contributed by atoms with Gasteiger partial charge in [0.2, 0.25) is 0 Å². The van der Waals surface area contributed by atoms with E-state index in [4.69, 9.17) is 16.3 Å². The van der Waals surface area contributed by atoms with Crippen LogP contribution in [0.3, 0.4) is 0 Å². The average Bonchev–Trinajstić information content (AvgIpc) is 2.46. The Morgan fingerprint density at radius 3 is 2.75 bits per heavy atom. The molecule has 1 atom stereocenters. The lowest BCUT2D eigenvalue weighted by molar-refractivity contribution is 0.413. The number of hydrogen-bond acceptors (Lipinski definition) is 2. The van der Waals surface area contributed by atoms with Crippen molar-refractivity contribution in [1.29, 1.82) is 0 Å². The lowest BCUT2D eigenvalue weighted by Crippen LogP contribution is -2.18. The van der Waals surface area contributed by atoms with Crippen molar-refractivity contribution in [2.75, 3.05) is 7.11 Å². The van der Waals surface area contributed by atoms with Crippen LogP contribution in [0.15, 0.2) is 46.9 Å². The zero-order valence-corrected chi connectivity index (χ0v) is 13.8. The van der Waals surface area contributed by atoms with Crippen LogP contribution in [0, 0.1) is 0 Å². The normalized spacial score (nSPS) is 12.2. The van der Waals surface area contributed by atoms with E-state index in [1.54, 1.807) is 7.11 Å². The van der Waals surface area contributed by atoms with E-state index >= 15 is 0 Å². The van der Waals surface area contributed by atoms with E-state index in [0.717, 1.165) is 21.8 Å². The highest BCUT2D eigenvalue weighted by Crippen LogP contribution is 2.24. The molecule has 0 fully saturated rings. The molecule has 0 aliphatic rings. The number of ether oxygens (including phenoxy) is 1. The average molecular weight is 355 g/mol. The smallest absolute Gasteiger partial charge is 0.119 e. The molecule has 1 N–H and O–H groups in total. The van der Waals surface area contributed by atoms with Crippen LogP contribution >= 0.6 is 27.5 Å². The Morgan fingerprint density at radius 1 is 1.25 bits per heavy atom. The number of methoxy groups -OCH3 is 1. The Kier molecular flexibility index (Phi) is 5.46. The summed E-state index contributed by atoms with van der Waals surface area (Å²) in [5.74, 6) is 0.861. The maximum absolute atomic E-state index is 6.02. The fourth-order valence-corrected chi connectivity index (χ4v) is 2.56. The fraction of sp³-hybridized carbons (Fsp3) is 0.250. The molecular weight excluding hydrogens is 338 g/mol. The molecule has 0 amide bonds. The molecule has 2 rings (SSSR count). The highest BCUT2D eigenvalue weighted by Gasteiger charge is 2.07. The zero-order valence-electron chi connectivity index (χ0n) is 11.5. The molecule has 0 bridgehead atoms. The quantitative estimate of drug-likeness (QED) is 0.819. The van der Waals surface area contributed by atoms with Gasteiger partial charge in [0.1, 0.15) is 5.75 Å². The van der Waals surface area contributed by atoms with Gasteiger partial charge in [-0.3, -0.25) is 0 Å². The Bertz CT molecular complexity index is 588. The van der Waals surface area contributed by atoms with Crippen molar-refractivity contribution in [2.24, 2.45) is 0 Å². The van der Waals surface area contributed by atoms with Gasteiger partial charge in [-0.25, -0.2) is 0 Å². The summed E-state index contributed by atoms with van der Waals surface area (Å²) in [6.45, 7) is 2.88. The molecule has 4 heteroatoms. The number of benzene rings is 2. The number of nitrogens with one attached hydrogen (secondary N) is 1. The second-order valence-electron chi connectivity index (χ2n) is 4.61. The zero-order chi connectivity index (χ0) is 14.5. The monoisotopic (exact) mass is 353 g/mol. The summed E-state index contributed by atoms with van der Waals surface area (Å²) < 4.78 is 6.32. The van der Waals surface area contributed by atoms with Gasteiger partial charge in [0.15, 0.2) is 0 Å². The minimum absolute atomic E-state index is 0.229. The van der Waals surface area contributed by atoms with Crippen LogP contribution in [0.5, 0.6) is 5.75 Å². The first-order valence-electron chi connectivity index (χ1n) is 6.41. The van der Waals surface area contributed by atoms with Gasteiger partial charge in [0.05, 0.1) is 7.11 Å². The molecule has 0 heterocycles. The predicted molar refractivity (Wildman–Crippen MR) is 87.4 cm³/mol. The molecule has 106 valence electrons. The second-order valence-corrected chi connectivity index (χ2v) is 5.91. The largest absolute Gasteiger partial charge is 0.497 e. The summed E-state index contributed by atoms with van der Waals surface area (Å²) in [5, 5.41) is 4.25. The van der Waals surface area contributed by atoms with Gasteiger partial charge in [0.25, 0.3) is 0 Å². The van der Waals surface area contributed by atoms with Crippen molar-refractivity contribution < 1.29 is 4.74 Å². The Balaban J connectivity index is 2.05. The third-order valence-corrected chi connectivity index (χ3v) is 4.21. The summed E-state index contributed by atoms with van der Waals surface area (Å²) in [7, 11) is 1.68. The van der Waals surface area contributed by atoms with E-state index in [1.807, 2.05) is 36.4 Å². The highest BCUT2D eigenvalue weighted by molar-refractivity contribution is 9.10. The molecule has 0 spiro atoms. The van der Waals surface area contributed by atoms with E-state index in [2.05, 4.69) is 34.2 Å². The summed E-state index contributed by atoms with van der Waals surface area (Å²) >= 11 is 9.58. The third-order valence-electron chi connectivity index (χ3n) is 3.20. The van der Waals surface area contributed by atoms with E-state index < -0.39 is 0 Å². The maximum atomic E-state index is 6.02. The van der Waals surface area contributed by atoms with Crippen LogP contribution in [-0.4, -0.2) is 7.11 Å². The Hall–Kier alpha value is -1.03. The second kappa shape index (κ2) is 7.11. The van der Waals surface area contributed by atoms with Gasteiger partial charge < -0.3 is 10.1 Å². The summed E-state index contributed by atoms with van der Waals surface area (Å²) in [6, 6.07) is 14.1. The maximum Gasteiger partial charge on any atom is 0.119 e. The van der Waals surface area contributed by atoms with Gasteiger partial charge >= 0.3 is 0 Å². The highest BCUT2D eigenvalue weighted by atomic mass is 79.9. The Labute approximate surface area is 133 Å². The first-order chi connectivity index (χ1) is 9.60. The molecule has 20 heavy (non-hydrogen) atoms. The lowest BCUT2D eigenvalue weighted by atomic mass is 10.1. The summed E-state index contributed by atoms with van der Waals surface area (Å²) in [4.78, 5) is 0. The standard InChI is InChI=1S/C16H17BrClNO/c1-11(12-4-3-5-14(18)8-12)19-10-13-9-15(20-2)6-7-16(13)17/h3-9,11,19H,10H2,1-2H3/t11-/m1/s1. The van der Waals surface area contributed by atoms with Crippen LogP contribution in [0.2, 0.25) is 5.02 Å². The topological polar surface area (TPSA) is 21.3 Å². The van der Waals surface area contributed by atoms with E-state index in [-0.39, 0.29) is 6.04 Å². The first kappa shape index (κ1) is 15.4. The molecular formula is C16H17BrClNO. The molecule has 0 radical (unpaired) electrons. The van der Waals surface area contributed by atoms with Gasteiger partial charge in [-0.05, 0) is 48.4 Å². The first-order valence-corrected chi connectivity index (χ1v) is 7.58. The van der Waals surface area contributed by atoms with E-state index in [1.165, 1.54) is 11.1 Å². The van der Waals surface area contributed by atoms with Gasteiger partial charge in [0, 0.05) is 22.1 Å². The van der Waals surface area contributed by atoms with Crippen LogP contribution in [0.4, 0.5) is 0 Å². The molecule has 0 saturated carbocycles. The molecule has 0 aliphatic heterocycles. The summed E-state index contributed by atoms with van der Waals surface area (Å²) in [6.07, 6.45) is 0. The minimum Gasteiger partial charge on any atom is -0.497 e. The predicted octanol–water partition coefficient (Wildman–Crippen LogP) is 4.96. The SMILES string of the molecule is COc1ccc(Br)c(CN[C@H](C)c2cccc(Cl)c2)c1. The van der Waals surface area contributed by atoms with Gasteiger partial charge in [-0.1, -0.05) is 39.7 Å². The molecule has 0 aromatic heterocycles. The van der Waals surface area contributed by atoms with Crippen molar-refractivity contribution in [3.8, 4) is 5.75 Å². The summed E-state index contributed by atoms with van der Waals surface area (Å²) in [5.41, 5.74) is 2.34. The van der Waals surface area contributed by atoms with Crippen LogP contribution in [-0.2, 0) is 6.54 Å². The van der Waals surface area contributed by atoms with Crippen molar-refractivity contribution in [3.63, 3.8) is 0 Å². The van der Waals surface area contributed by atoms with Crippen molar-refractivity contribution in [3.05, 3.63) is 63.1 Å². The van der Waals surface area contributed by atoms with E-state index in [0.29, 0.717) is 0 Å². The Morgan fingerprint density at radius 2 is 2.05 bits per heavy atom. The van der Waals surface area contributed by atoms with Gasteiger partial charge in [-0.15, -0.1) is 0 Å². The minimum atomic E-state index is 0.229. The van der Waals surface area contributed by atoms with E-state index in [9.17, 15) is 0 Å². The van der Waals surface area contributed by atoms with Crippen LogP contribution in [0.1, 0.15) is 24.1 Å². The van der Waals surface area contributed by atoms with Crippen molar-refractivity contribution in [2.45, 2.75) is 19.5 Å². The molecule has 2 aromatic carbocycles.